The van der Waals surface area contributed by atoms with Gasteiger partial charge in [-0.1, -0.05) is 11.8 Å². The van der Waals surface area contributed by atoms with E-state index >= 15 is 0 Å². The number of carbonyl (C=O) groups excluding carboxylic acids is 1. The average Bonchev–Trinajstić information content (AvgIpc) is 3.10. The Hall–Kier alpha value is -2.81. The van der Waals surface area contributed by atoms with Crippen LogP contribution in [0.5, 0.6) is 11.5 Å². The predicted octanol–water partition coefficient (Wildman–Crippen LogP) is 2.82. The molecule has 2 heterocycles. The topological polar surface area (TPSA) is 81.9 Å². The molecule has 0 aliphatic rings. The van der Waals surface area contributed by atoms with E-state index in [1.807, 2.05) is 43.4 Å². The molecule has 8 nitrogen and oxygen atoms in total. The van der Waals surface area contributed by atoms with Crippen molar-refractivity contribution in [2.45, 2.75) is 32.5 Å². The maximum absolute atomic E-state index is 12.7. The van der Waals surface area contributed by atoms with Crippen LogP contribution >= 0.6 is 11.8 Å². The van der Waals surface area contributed by atoms with E-state index in [9.17, 15) is 4.79 Å². The molecule has 0 bridgehead atoms. The molecule has 154 valence electrons. The van der Waals surface area contributed by atoms with Crippen LogP contribution in [0.3, 0.4) is 0 Å². The highest BCUT2D eigenvalue weighted by Crippen LogP contribution is 2.30. The predicted molar refractivity (Wildman–Crippen MR) is 112 cm³/mol. The number of hydrogen-bond donors (Lipinski definition) is 0. The summed E-state index contributed by atoms with van der Waals surface area (Å²) in [7, 11) is 5.00. The van der Waals surface area contributed by atoms with Crippen molar-refractivity contribution in [1.29, 1.82) is 0 Å². The fourth-order valence-corrected chi connectivity index (χ4v) is 3.99. The van der Waals surface area contributed by atoms with Gasteiger partial charge in [0.15, 0.2) is 16.7 Å². The number of nitrogens with zero attached hydrogens (tertiary/aromatic N) is 5. The number of thioether (sulfide) groups is 1. The molecule has 0 unspecified atom stereocenters. The Balaban J connectivity index is 1.69. The summed E-state index contributed by atoms with van der Waals surface area (Å²) >= 11 is 1.35. The molecule has 0 atom stereocenters. The lowest BCUT2D eigenvalue weighted by atomic mass is 10.1. The fourth-order valence-electron chi connectivity index (χ4n) is 3.07. The molecule has 0 saturated carbocycles. The molecule has 29 heavy (non-hydrogen) atoms. The first kappa shape index (κ1) is 20.9. The van der Waals surface area contributed by atoms with Crippen molar-refractivity contribution < 1.29 is 14.3 Å². The van der Waals surface area contributed by atoms with Gasteiger partial charge < -0.3 is 14.4 Å². The van der Waals surface area contributed by atoms with Gasteiger partial charge >= 0.3 is 0 Å². The van der Waals surface area contributed by atoms with Gasteiger partial charge in [-0.2, -0.15) is 0 Å². The average molecular weight is 416 g/mol. The molecule has 3 rings (SSSR count). The number of hydrogen-bond acceptors (Lipinski definition) is 7. The van der Waals surface area contributed by atoms with E-state index in [2.05, 4.69) is 15.2 Å². The number of amides is 1. The highest BCUT2D eigenvalue weighted by molar-refractivity contribution is 7.99. The van der Waals surface area contributed by atoms with Crippen molar-refractivity contribution in [1.82, 2.24) is 24.5 Å². The van der Waals surface area contributed by atoms with Crippen molar-refractivity contribution >= 4 is 23.4 Å². The third-order valence-corrected chi connectivity index (χ3v) is 5.58. The molecule has 0 fully saturated rings. The molecule has 0 saturated heterocycles. The summed E-state index contributed by atoms with van der Waals surface area (Å²) in [6, 6.07) is 5.80. The summed E-state index contributed by atoms with van der Waals surface area (Å²) < 4.78 is 12.6. The third-order valence-electron chi connectivity index (χ3n) is 4.66. The standard InChI is InChI=1S/C20H25N5O3S/c1-12-7-16(27-5)17(28-6)9-15(12)10-24(4)18(26)11-29-20-23-22-19-21-13(2)8-14(3)25(19)20/h7-9H,10-11H2,1-6H3. The third kappa shape index (κ3) is 4.45. The zero-order chi connectivity index (χ0) is 21.1. The van der Waals surface area contributed by atoms with Gasteiger partial charge in [0.05, 0.1) is 20.0 Å². The van der Waals surface area contributed by atoms with Crippen LogP contribution in [-0.4, -0.2) is 57.4 Å². The van der Waals surface area contributed by atoms with Gasteiger partial charge in [-0.3, -0.25) is 9.20 Å². The van der Waals surface area contributed by atoms with Crippen molar-refractivity contribution in [2.24, 2.45) is 0 Å². The lowest BCUT2D eigenvalue weighted by Gasteiger charge is -2.19. The van der Waals surface area contributed by atoms with Crippen LogP contribution in [0, 0.1) is 20.8 Å². The van der Waals surface area contributed by atoms with Crippen molar-refractivity contribution in [2.75, 3.05) is 27.0 Å². The van der Waals surface area contributed by atoms with Crippen LogP contribution in [-0.2, 0) is 11.3 Å². The second-order valence-corrected chi connectivity index (χ2v) is 7.77. The Bertz CT molecular complexity index is 1050. The van der Waals surface area contributed by atoms with Crippen molar-refractivity contribution in [3.63, 3.8) is 0 Å². The zero-order valence-electron chi connectivity index (χ0n) is 17.5. The molecule has 1 amide bonds. The Kier molecular flexibility index (Phi) is 6.26. The van der Waals surface area contributed by atoms with E-state index in [0.717, 1.165) is 22.5 Å². The highest BCUT2D eigenvalue weighted by atomic mass is 32.2. The molecule has 0 aliphatic heterocycles. The summed E-state index contributed by atoms with van der Waals surface area (Å²) in [6.07, 6.45) is 0. The highest BCUT2D eigenvalue weighted by Gasteiger charge is 2.16. The number of benzene rings is 1. The molecule has 0 N–H and O–H groups in total. The first-order valence-corrected chi connectivity index (χ1v) is 10.1. The number of methoxy groups -OCH3 is 2. The first-order valence-electron chi connectivity index (χ1n) is 9.11. The van der Waals surface area contributed by atoms with E-state index in [0.29, 0.717) is 29.0 Å². The van der Waals surface area contributed by atoms with Gasteiger partial charge in [-0.05, 0) is 50.1 Å². The lowest BCUT2D eigenvalue weighted by Crippen LogP contribution is -2.28. The number of fused-ring (bicyclic) bond motifs is 1. The van der Waals surface area contributed by atoms with Crippen LogP contribution in [0.4, 0.5) is 0 Å². The van der Waals surface area contributed by atoms with Crippen molar-refractivity contribution in [3.05, 3.63) is 40.7 Å². The van der Waals surface area contributed by atoms with Gasteiger partial charge in [0.25, 0.3) is 5.78 Å². The minimum absolute atomic E-state index is 0.00124. The van der Waals surface area contributed by atoms with Crippen LogP contribution in [0.25, 0.3) is 5.78 Å². The molecule has 0 spiro atoms. The Morgan fingerprint density at radius 2 is 1.79 bits per heavy atom. The summed E-state index contributed by atoms with van der Waals surface area (Å²) in [5.74, 6) is 2.13. The molecule has 1 aromatic carbocycles. The summed E-state index contributed by atoms with van der Waals surface area (Å²) in [5.41, 5.74) is 3.92. The molecule has 0 radical (unpaired) electrons. The number of carbonyl (C=O) groups is 1. The Morgan fingerprint density at radius 1 is 1.10 bits per heavy atom. The van der Waals surface area contributed by atoms with Gasteiger partial charge in [0, 0.05) is 25.0 Å². The van der Waals surface area contributed by atoms with E-state index < -0.39 is 0 Å². The maximum Gasteiger partial charge on any atom is 0.256 e. The number of aromatic nitrogens is 4. The number of rotatable bonds is 7. The van der Waals surface area contributed by atoms with Gasteiger partial charge in [-0.15, -0.1) is 10.2 Å². The molecule has 0 aliphatic carbocycles. The largest absolute Gasteiger partial charge is 0.493 e. The fraction of sp³-hybridized carbons (Fsp3) is 0.400. The zero-order valence-corrected chi connectivity index (χ0v) is 18.3. The smallest absolute Gasteiger partial charge is 0.256 e. The Morgan fingerprint density at radius 3 is 2.48 bits per heavy atom. The normalized spacial score (nSPS) is 11.0. The van der Waals surface area contributed by atoms with E-state index in [1.54, 1.807) is 26.2 Å². The SMILES string of the molecule is COc1cc(C)c(CN(C)C(=O)CSc2nnc3nc(C)cc(C)n23)cc1OC. The summed E-state index contributed by atoms with van der Waals surface area (Å²) in [5, 5.41) is 8.95. The number of ether oxygens (including phenoxy) is 2. The molecule has 2 aromatic heterocycles. The van der Waals surface area contributed by atoms with E-state index in [-0.39, 0.29) is 11.7 Å². The molecule has 3 aromatic rings. The lowest BCUT2D eigenvalue weighted by molar-refractivity contribution is -0.127. The van der Waals surface area contributed by atoms with Crippen LogP contribution in [0.1, 0.15) is 22.5 Å². The Labute approximate surface area is 174 Å². The molecular formula is C20H25N5O3S. The second kappa shape index (κ2) is 8.69. The van der Waals surface area contributed by atoms with Crippen LogP contribution < -0.4 is 9.47 Å². The van der Waals surface area contributed by atoms with Crippen molar-refractivity contribution in [3.8, 4) is 11.5 Å². The second-order valence-electron chi connectivity index (χ2n) is 6.83. The first-order chi connectivity index (χ1) is 13.8. The quantitative estimate of drug-likeness (QED) is 0.549. The van der Waals surface area contributed by atoms with Gasteiger partial charge in [0.2, 0.25) is 5.91 Å². The molecular weight excluding hydrogens is 390 g/mol. The summed E-state index contributed by atoms with van der Waals surface area (Å²) in [6.45, 7) is 6.36. The minimum atomic E-state index is -0.00124. The van der Waals surface area contributed by atoms with Gasteiger partial charge in [-0.25, -0.2) is 4.98 Å². The minimum Gasteiger partial charge on any atom is -0.493 e. The molecule has 9 heteroatoms. The number of aryl methyl sites for hydroxylation is 3. The van der Waals surface area contributed by atoms with E-state index in [4.69, 9.17) is 9.47 Å². The van der Waals surface area contributed by atoms with Crippen LogP contribution in [0.15, 0.2) is 23.4 Å². The van der Waals surface area contributed by atoms with Crippen LogP contribution in [0.2, 0.25) is 0 Å². The van der Waals surface area contributed by atoms with Gasteiger partial charge in [0.1, 0.15) is 0 Å². The van der Waals surface area contributed by atoms with E-state index in [1.165, 1.54) is 11.8 Å². The summed E-state index contributed by atoms with van der Waals surface area (Å²) in [4.78, 5) is 18.8. The maximum atomic E-state index is 12.7. The monoisotopic (exact) mass is 415 g/mol.